The van der Waals surface area contributed by atoms with Crippen LogP contribution in [0.3, 0.4) is 0 Å². The highest BCUT2D eigenvalue weighted by molar-refractivity contribution is 5.35. The maximum Gasteiger partial charge on any atom is 0.0406 e. The molecule has 1 heteroatoms. The second kappa shape index (κ2) is 8.46. The van der Waals surface area contributed by atoms with Gasteiger partial charge in [-0.3, -0.25) is 4.98 Å². The third-order valence-corrected chi connectivity index (χ3v) is 4.90. The lowest BCUT2D eigenvalue weighted by molar-refractivity contribution is 0.590. The van der Waals surface area contributed by atoms with Crippen LogP contribution in [0.4, 0.5) is 0 Å². The summed E-state index contributed by atoms with van der Waals surface area (Å²) in [4.78, 5) is 4.56. The number of pyridine rings is 1. The third-order valence-electron chi connectivity index (χ3n) is 4.90. The van der Waals surface area contributed by atoms with E-state index in [-0.39, 0.29) is 5.41 Å². The molecule has 0 saturated carbocycles. The summed E-state index contributed by atoms with van der Waals surface area (Å²) in [5, 5.41) is 0. The van der Waals surface area contributed by atoms with Crippen molar-refractivity contribution in [2.24, 2.45) is 0 Å². The number of unbranched alkanes of at least 4 members (excludes halogenated alkanes) is 3. The molecule has 0 aliphatic heterocycles. The first-order valence-corrected chi connectivity index (χ1v) is 9.47. The molecule has 0 aliphatic carbocycles. The van der Waals surface area contributed by atoms with Crippen molar-refractivity contribution < 1.29 is 0 Å². The van der Waals surface area contributed by atoms with Gasteiger partial charge in [0.25, 0.3) is 0 Å². The van der Waals surface area contributed by atoms with Crippen LogP contribution in [0.1, 0.15) is 88.6 Å². The Kier molecular flexibility index (Phi) is 6.60. The number of rotatable bonds is 7. The first kappa shape index (κ1) is 18.7. The van der Waals surface area contributed by atoms with E-state index in [9.17, 15) is 0 Å². The van der Waals surface area contributed by atoms with Gasteiger partial charge in [-0.2, -0.15) is 0 Å². The van der Waals surface area contributed by atoms with Gasteiger partial charge >= 0.3 is 0 Å². The fourth-order valence-electron chi connectivity index (χ4n) is 3.10. The predicted molar refractivity (Wildman–Crippen MR) is 105 cm³/mol. The summed E-state index contributed by atoms with van der Waals surface area (Å²) in [5.74, 6) is 0.413. The van der Waals surface area contributed by atoms with E-state index in [0.717, 1.165) is 6.42 Å². The normalized spacial score (nSPS) is 13.0. The van der Waals surface area contributed by atoms with E-state index in [1.165, 1.54) is 48.1 Å². The Morgan fingerprint density at radius 2 is 1.62 bits per heavy atom. The molecule has 0 amide bonds. The highest BCUT2D eigenvalue weighted by Gasteiger charge is 2.15. The van der Waals surface area contributed by atoms with Gasteiger partial charge < -0.3 is 0 Å². The van der Waals surface area contributed by atoms with E-state index in [0.29, 0.717) is 5.92 Å². The molecule has 1 heterocycles. The number of aromatic nitrogens is 1. The third kappa shape index (κ3) is 5.19. The highest BCUT2D eigenvalue weighted by Crippen LogP contribution is 2.28. The predicted octanol–water partition coefficient (Wildman–Crippen LogP) is 6.65. The highest BCUT2D eigenvalue weighted by atomic mass is 14.7. The van der Waals surface area contributed by atoms with Crippen molar-refractivity contribution in [2.45, 2.75) is 78.1 Å². The summed E-state index contributed by atoms with van der Waals surface area (Å²) in [6.07, 6.45) is 8.25. The van der Waals surface area contributed by atoms with Gasteiger partial charge in [0.15, 0.2) is 0 Å². The molecular formula is C23H33N. The fourth-order valence-corrected chi connectivity index (χ4v) is 3.10. The van der Waals surface area contributed by atoms with E-state index in [4.69, 9.17) is 0 Å². The molecule has 0 spiro atoms. The van der Waals surface area contributed by atoms with Crippen molar-refractivity contribution in [2.75, 3.05) is 0 Å². The molecule has 2 rings (SSSR count). The maximum absolute atomic E-state index is 4.56. The van der Waals surface area contributed by atoms with Crippen LogP contribution in [0.5, 0.6) is 0 Å². The van der Waals surface area contributed by atoms with Crippen LogP contribution in [0.25, 0.3) is 0 Å². The molecule has 24 heavy (non-hydrogen) atoms. The second-order valence-corrected chi connectivity index (χ2v) is 7.98. The first-order chi connectivity index (χ1) is 11.4. The molecule has 0 radical (unpaired) electrons. The van der Waals surface area contributed by atoms with E-state index in [1.54, 1.807) is 0 Å². The van der Waals surface area contributed by atoms with Gasteiger partial charge in [0.1, 0.15) is 0 Å². The van der Waals surface area contributed by atoms with Gasteiger partial charge in [-0.1, -0.05) is 78.1 Å². The molecule has 1 aromatic carbocycles. The second-order valence-electron chi connectivity index (χ2n) is 7.98. The molecule has 2 aromatic rings. The number of nitrogens with zero attached hydrogens (tertiary/aromatic N) is 1. The zero-order chi connectivity index (χ0) is 17.6. The van der Waals surface area contributed by atoms with Gasteiger partial charge in [0.2, 0.25) is 0 Å². The van der Waals surface area contributed by atoms with E-state index in [1.807, 2.05) is 6.20 Å². The van der Waals surface area contributed by atoms with Gasteiger partial charge in [-0.05, 0) is 47.1 Å². The van der Waals surface area contributed by atoms with Gasteiger partial charge in [0.05, 0.1) is 0 Å². The molecule has 1 aromatic heterocycles. The molecular weight excluding hydrogens is 290 g/mol. The Balaban J connectivity index is 2.07. The summed E-state index contributed by atoms with van der Waals surface area (Å²) >= 11 is 0. The van der Waals surface area contributed by atoms with Crippen molar-refractivity contribution >= 4 is 0 Å². The SMILES string of the molecule is CCCCCCc1cc(C(C)c2ccc(C(C)(C)C)cc2)ccn1. The summed E-state index contributed by atoms with van der Waals surface area (Å²) in [7, 11) is 0. The molecule has 130 valence electrons. The van der Waals surface area contributed by atoms with Crippen molar-refractivity contribution in [1.29, 1.82) is 0 Å². The molecule has 1 atom stereocenters. The lowest BCUT2D eigenvalue weighted by Crippen LogP contribution is -2.11. The summed E-state index contributed by atoms with van der Waals surface area (Å²) in [6, 6.07) is 13.6. The fraction of sp³-hybridized carbons (Fsp3) is 0.522. The minimum absolute atomic E-state index is 0.212. The topological polar surface area (TPSA) is 12.9 Å². The number of aryl methyl sites for hydroxylation is 1. The van der Waals surface area contributed by atoms with Crippen molar-refractivity contribution in [3.05, 3.63) is 65.0 Å². The smallest absolute Gasteiger partial charge is 0.0406 e. The first-order valence-electron chi connectivity index (χ1n) is 9.47. The molecule has 0 aliphatic rings. The summed E-state index contributed by atoms with van der Waals surface area (Å²) in [6.45, 7) is 11.3. The van der Waals surface area contributed by atoms with Crippen LogP contribution in [0.2, 0.25) is 0 Å². The molecule has 1 unspecified atom stereocenters. The van der Waals surface area contributed by atoms with Crippen LogP contribution in [0.15, 0.2) is 42.6 Å². The average Bonchev–Trinajstić information content (AvgIpc) is 2.58. The van der Waals surface area contributed by atoms with E-state index in [2.05, 4.69) is 76.0 Å². The number of hydrogen-bond donors (Lipinski definition) is 0. The monoisotopic (exact) mass is 323 g/mol. The largest absolute Gasteiger partial charge is 0.261 e. The van der Waals surface area contributed by atoms with Crippen molar-refractivity contribution in [3.63, 3.8) is 0 Å². The zero-order valence-electron chi connectivity index (χ0n) is 16.1. The van der Waals surface area contributed by atoms with Gasteiger partial charge in [0, 0.05) is 17.8 Å². The van der Waals surface area contributed by atoms with Crippen LogP contribution in [-0.4, -0.2) is 4.98 Å². The molecule has 1 nitrogen and oxygen atoms in total. The Hall–Kier alpha value is -1.63. The minimum Gasteiger partial charge on any atom is -0.261 e. The van der Waals surface area contributed by atoms with Crippen LogP contribution >= 0.6 is 0 Å². The maximum atomic E-state index is 4.56. The minimum atomic E-state index is 0.212. The lowest BCUT2D eigenvalue weighted by atomic mass is 9.85. The Morgan fingerprint density at radius 1 is 0.917 bits per heavy atom. The standard InChI is InChI=1S/C23H33N/c1-6-7-8-9-10-22-17-20(15-16-24-22)18(2)19-11-13-21(14-12-19)23(3,4)5/h11-18H,6-10H2,1-5H3. The molecule has 0 fully saturated rings. The van der Waals surface area contributed by atoms with Crippen molar-refractivity contribution in [1.82, 2.24) is 4.98 Å². The Bertz CT molecular complexity index is 619. The number of hydrogen-bond acceptors (Lipinski definition) is 1. The molecule has 0 N–H and O–H groups in total. The van der Waals surface area contributed by atoms with Crippen molar-refractivity contribution in [3.8, 4) is 0 Å². The van der Waals surface area contributed by atoms with Gasteiger partial charge in [-0.15, -0.1) is 0 Å². The molecule has 0 bridgehead atoms. The summed E-state index contributed by atoms with van der Waals surface area (Å²) < 4.78 is 0. The van der Waals surface area contributed by atoms with Gasteiger partial charge in [-0.25, -0.2) is 0 Å². The van der Waals surface area contributed by atoms with E-state index < -0.39 is 0 Å². The van der Waals surface area contributed by atoms with E-state index >= 15 is 0 Å². The zero-order valence-corrected chi connectivity index (χ0v) is 16.1. The Labute approximate surface area is 148 Å². The quantitative estimate of drug-likeness (QED) is 0.519. The van der Waals surface area contributed by atoms with Crippen LogP contribution < -0.4 is 0 Å². The summed E-state index contributed by atoms with van der Waals surface area (Å²) in [5.41, 5.74) is 5.60. The molecule has 0 saturated heterocycles. The lowest BCUT2D eigenvalue weighted by Gasteiger charge is -2.20. The van der Waals surface area contributed by atoms with Crippen LogP contribution in [0, 0.1) is 0 Å². The average molecular weight is 324 g/mol. The number of benzene rings is 1. The van der Waals surface area contributed by atoms with Crippen LogP contribution in [-0.2, 0) is 11.8 Å². The Morgan fingerprint density at radius 3 is 2.25 bits per heavy atom.